The maximum atomic E-state index is 12.0. The number of hydrogen-bond acceptors (Lipinski definition) is 5. The molecule has 24 heavy (non-hydrogen) atoms. The number of amides is 1. The summed E-state index contributed by atoms with van der Waals surface area (Å²) in [5.74, 6) is 1.08. The lowest BCUT2D eigenvalue weighted by atomic mass is 9.85. The van der Waals surface area contributed by atoms with Crippen molar-refractivity contribution in [1.29, 1.82) is 0 Å². The van der Waals surface area contributed by atoms with E-state index in [4.69, 9.17) is 16.3 Å². The van der Waals surface area contributed by atoms with Crippen LogP contribution in [0, 0.1) is 0 Å². The topological polar surface area (TPSA) is 81.4 Å². The van der Waals surface area contributed by atoms with E-state index in [1.54, 1.807) is 6.20 Å². The minimum Gasteiger partial charge on any atom is -0.444 e. The molecule has 2 aromatic rings. The van der Waals surface area contributed by atoms with Gasteiger partial charge in [-0.3, -0.25) is 4.40 Å². The first kappa shape index (κ1) is 17.0. The predicted molar refractivity (Wildman–Crippen MR) is 90.2 cm³/mol. The van der Waals surface area contributed by atoms with Crippen molar-refractivity contribution in [2.75, 3.05) is 0 Å². The first-order chi connectivity index (χ1) is 11.3. The fraction of sp³-hybridized carbons (Fsp3) is 0.625. The van der Waals surface area contributed by atoms with Crippen molar-refractivity contribution in [3.8, 4) is 0 Å². The summed E-state index contributed by atoms with van der Waals surface area (Å²) >= 11 is 6.06. The molecule has 2 heterocycles. The van der Waals surface area contributed by atoms with Crippen molar-refractivity contribution in [3.05, 3.63) is 23.4 Å². The molecular weight excluding hydrogens is 330 g/mol. The third-order valence-electron chi connectivity index (χ3n) is 4.07. The lowest BCUT2D eigenvalue weighted by Crippen LogP contribution is -2.41. The van der Waals surface area contributed by atoms with Gasteiger partial charge in [0.25, 0.3) is 0 Å². The van der Waals surface area contributed by atoms with E-state index in [0.717, 1.165) is 31.5 Å². The molecule has 0 bridgehead atoms. The Hall–Kier alpha value is -1.89. The molecule has 8 heteroatoms. The molecule has 0 aliphatic heterocycles. The first-order valence-electron chi connectivity index (χ1n) is 8.18. The molecule has 1 amide bonds. The molecule has 1 aliphatic rings. The lowest BCUT2D eigenvalue weighted by molar-refractivity contribution is 0.0490. The van der Waals surface area contributed by atoms with Crippen molar-refractivity contribution in [2.24, 2.45) is 0 Å². The van der Waals surface area contributed by atoms with Gasteiger partial charge in [-0.05, 0) is 40.0 Å². The zero-order valence-electron chi connectivity index (χ0n) is 14.1. The summed E-state index contributed by atoms with van der Waals surface area (Å²) in [5, 5.41) is 11.7. The lowest BCUT2D eigenvalue weighted by Gasteiger charge is -2.29. The van der Waals surface area contributed by atoms with Crippen molar-refractivity contribution >= 4 is 23.3 Å². The second-order valence-corrected chi connectivity index (χ2v) is 7.53. The Kier molecular flexibility index (Phi) is 4.62. The van der Waals surface area contributed by atoms with Crippen molar-refractivity contribution < 1.29 is 9.53 Å². The van der Waals surface area contributed by atoms with Gasteiger partial charge in [0.1, 0.15) is 11.4 Å². The highest BCUT2D eigenvalue weighted by atomic mass is 35.5. The van der Waals surface area contributed by atoms with Gasteiger partial charge in [-0.2, -0.15) is 0 Å². The summed E-state index contributed by atoms with van der Waals surface area (Å²) in [4.78, 5) is 16.0. The summed E-state index contributed by atoms with van der Waals surface area (Å²) < 4.78 is 7.23. The normalized spacial score (nSPS) is 21.7. The highest BCUT2D eigenvalue weighted by Crippen LogP contribution is 2.32. The van der Waals surface area contributed by atoms with Crippen LogP contribution in [0.25, 0.3) is 5.65 Å². The summed E-state index contributed by atoms with van der Waals surface area (Å²) in [5.41, 5.74) is 0.0712. The van der Waals surface area contributed by atoms with Gasteiger partial charge in [0, 0.05) is 24.4 Å². The molecule has 0 aromatic carbocycles. The maximum Gasteiger partial charge on any atom is 0.407 e. The quantitative estimate of drug-likeness (QED) is 0.897. The Morgan fingerprint density at radius 3 is 2.92 bits per heavy atom. The second kappa shape index (κ2) is 6.55. The van der Waals surface area contributed by atoms with Gasteiger partial charge >= 0.3 is 6.09 Å². The van der Waals surface area contributed by atoms with E-state index in [0.29, 0.717) is 10.8 Å². The first-order valence-corrected chi connectivity index (χ1v) is 8.56. The molecule has 7 nitrogen and oxygen atoms in total. The van der Waals surface area contributed by atoms with Gasteiger partial charge in [-0.15, -0.1) is 10.2 Å². The van der Waals surface area contributed by atoms with E-state index < -0.39 is 5.60 Å². The minimum atomic E-state index is -0.495. The summed E-state index contributed by atoms with van der Waals surface area (Å²) in [6.45, 7) is 5.57. The Morgan fingerprint density at radius 1 is 1.38 bits per heavy atom. The molecule has 0 unspecified atom stereocenters. The van der Waals surface area contributed by atoms with Crippen LogP contribution < -0.4 is 5.32 Å². The predicted octanol–water partition coefficient (Wildman–Crippen LogP) is 3.33. The number of carbonyl (C=O) groups excluding carboxylic acids is 1. The molecule has 130 valence electrons. The standard InChI is InChI=1S/C16H22ClN5O2/c1-16(2,3)24-15(23)19-11-6-4-5-10(9-11)13-20-21-14-12(17)18-7-8-22(13)14/h7-8,10-11H,4-6,9H2,1-3H3,(H,19,23)/t10-,11+/m0/s1. The molecule has 0 spiro atoms. The fourth-order valence-electron chi connectivity index (χ4n) is 3.12. The van der Waals surface area contributed by atoms with Crippen LogP contribution in [0.15, 0.2) is 12.4 Å². The fourth-order valence-corrected chi connectivity index (χ4v) is 3.31. The van der Waals surface area contributed by atoms with Gasteiger partial charge in [0.2, 0.25) is 0 Å². The monoisotopic (exact) mass is 351 g/mol. The Labute approximate surface area is 145 Å². The second-order valence-electron chi connectivity index (χ2n) is 7.18. The largest absolute Gasteiger partial charge is 0.444 e. The smallest absolute Gasteiger partial charge is 0.407 e. The third kappa shape index (κ3) is 3.77. The molecule has 0 radical (unpaired) electrons. The summed E-state index contributed by atoms with van der Waals surface area (Å²) in [7, 11) is 0. The molecule has 1 fully saturated rings. The number of rotatable bonds is 2. The molecule has 1 N–H and O–H groups in total. The number of aromatic nitrogens is 4. The van der Waals surface area contributed by atoms with Gasteiger partial charge in [-0.25, -0.2) is 9.78 Å². The number of carbonyl (C=O) groups is 1. The molecule has 1 saturated carbocycles. The van der Waals surface area contributed by atoms with Crippen LogP contribution in [0.2, 0.25) is 5.15 Å². The van der Waals surface area contributed by atoms with Crippen LogP contribution in [-0.2, 0) is 4.74 Å². The van der Waals surface area contributed by atoms with E-state index in [1.165, 1.54) is 0 Å². The molecule has 2 aromatic heterocycles. The van der Waals surface area contributed by atoms with Crippen LogP contribution in [0.1, 0.15) is 58.2 Å². The molecule has 0 saturated heterocycles. The number of fused-ring (bicyclic) bond motifs is 1. The minimum absolute atomic E-state index is 0.0725. The highest BCUT2D eigenvalue weighted by molar-refractivity contribution is 6.32. The van der Waals surface area contributed by atoms with Gasteiger partial charge in [0.15, 0.2) is 10.8 Å². The van der Waals surface area contributed by atoms with E-state index in [9.17, 15) is 4.79 Å². The average molecular weight is 352 g/mol. The Morgan fingerprint density at radius 2 is 2.17 bits per heavy atom. The van der Waals surface area contributed by atoms with Crippen LogP contribution in [-0.4, -0.2) is 37.3 Å². The summed E-state index contributed by atoms with van der Waals surface area (Å²) in [6, 6.07) is 0.0725. The molecule has 3 rings (SSSR count). The van der Waals surface area contributed by atoms with Crippen molar-refractivity contribution in [1.82, 2.24) is 24.9 Å². The Bertz CT molecular complexity index is 740. The maximum absolute atomic E-state index is 12.0. The third-order valence-corrected chi connectivity index (χ3v) is 4.34. The average Bonchev–Trinajstić information content (AvgIpc) is 2.91. The zero-order valence-corrected chi connectivity index (χ0v) is 14.9. The van der Waals surface area contributed by atoms with Gasteiger partial charge in [0.05, 0.1) is 0 Å². The Balaban J connectivity index is 1.71. The highest BCUT2D eigenvalue weighted by Gasteiger charge is 2.29. The van der Waals surface area contributed by atoms with Crippen molar-refractivity contribution in [2.45, 2.75) is 64.0 Å². The van der Waals surface area contributed by atoms with E-state index in [2.05, 4.69) is 20.5 Å². The van der Waals surface area contributed by atoms with Crippen LogP contribution in [0.3, 0.4) is 0 Å². The summed E-state index contributed by atoms with van der Waals surface area (Å²) in [6.07, 6.45) is 6.86. The molecule has 1 aliphatic carbocycles. The zero-order chi connectivity index (χ0) is 17.3. The number of alkyl carbamates (subject to hydrolysis) is 1. The van der Waals surface area contributed by atoms with E-state index in [-0.39, 0.29) is 18.1 Å². The van der Waals surface area contributed by atoms with Crippen LogP contribution in [0.5, 0.6) is 0 Å². The van der Waals surface area contributed by atoms with E-state index in [1.807, 2.05) is 31.4 Å². The van der Waals surface area contributed by atoms with Crippen LogP contribution in [0.4, 0.5) is 4.79 Å². The van der Waals surface area contributed by atoms with Crippen LogP contribution >= 0.6 is 11.6 Å². The number of hydrogen-bond donors (Lipinski definition) is 1. The molecular formula is C16H22ClN5O2. The number of ether oxygens (including phenoxy) is 1. The van der Waals surface area contributed by atoms with Gasteiger partial charge < -0.3 is 10.1 Å². The number of nitrogens with zero attached hydrogens (tertiary/aromatic N) is 4. The van der Waals surface area contributed by atoms with E-state index >= 15 is 0 Å². The SMILES string of the molecule is CC(C)(C)OC(=O)N[C@@H]1CCC[C@H](c2nnc3c(Cl)nccn23)C1. The number of nitrogens with one attached hydrogen (secondary N) is 1. The molecule has 2 atom stereocenters. The van der Waals surface area contributed by atoms with Crippen molar-refractivity contribution in [3.63, 3.8) is 0 Å². The van der Waals surface area contributed by atoms with Gasteiger partial charge in [-0.1, -0.05) is 18.0 Å². The number of halogens is 1.